The molecule has 1 amide bonds. The molecule has 0 radical (unpaired) electrons. The minimum Gasteiger partial charge on any atom is -0.448 e. The first-order valence-electron chi connectivity index (χ1n) is 12.2. The Kier molecular flexibility index (Phi) is 7.10. The molecule has 4 rings (SSSR count). The van der Waals surface area contributed by atoms with Crippen LogP contribution in [0.15, 0.2) is 60.7 Å². The van der Waals surface area contributed by atoms with Crippen LogP contribution < -0.4 is 0 Å². The topological polar surface area (TPSA) is 42.0 Å². The van der Waals surface area contributed by atoms with Crippen LogP contribution >= 0.6 is 0 Å². The summed E-state index contributed by atoms with van der Waals surface area (Å²) in [6.45, 7) is 10.5. The van der Waals surface area contributed by atoms with Gasteiger partial charge in [0, 0.05) is 19.1 Å². The molecule has 1 unspecified atom stereocenters. The molecule has 0 N–H and O–H groups in total. The van der Waals surface area contributed by atoms with Gasteiger partial charge in [-0.05, 0) is 51.2 Å². The standard InChI is InChI=1S/C28H38N2O3/c1-27(2)21-33-28(3,4)30(27)26(31)32-20-25(17-22-15-16-22)29(18-23-11-7-5-8-12-23)19-24-13-9-6-10-14-24/h5-14,22,25H,15-21H2,1-4H3. The van der Waals surface area contributed by atoms with Gasteiger partial charge in [-0.25, -0.2) is 4.79 Å². The SMILES string of the molecule is CC1(C)COC(C)(C)N1C(=O)OCC(CC1CC1)N(Cc1ccccc1)Cc1ccccc1. The van der Waals surface area contributed by atoms with Gasteiger partial charge in [-0.3, -0.25) is 9.80 Å². The van der Waals surface area contributed by atoms with Gasteiger partial charge in [-0.15, -0.1) is 0 Å². The number of carbonyl (C=O) groups is 1. The number of carbonyl (C=O) groups excluding carboxylic acids is 1. The lowest BCUT2D eigenvalue weighted by molar-refractivity contribution is -0.0555. The van der Waals surface area contributed by atoms with Crippen molar-refractivity contribution in [3.63, 3.8) is 0 Å². The third kappa shape index (κ3) is 6.15. The minimum absolute atomic E-state index is 0.164. The monoisotopic (exact) mass is 450 g/mol. The van der Waals surface area contributed by atoms with Crippen molar-refractivity contribution >= 4 is 6.09 Å². The highest BCUT2D eigenvalue weighted by Gasteiger charge is 2.49. The normalized spacial score (nSPS) is 20.1. The lowest BCUT2D eigenvalue weighted by atomic mass is 10.0. The molecule has 178 valence electrons. The lowest BCUT2D eigenvalue weighted by Gasteiger charge is -2.38. The Labute approximate surface area is 198 Å². The summed E-state index contributed by atoms with van der Waals surface area (Å²) in [6.07, 6.45) is 3.31. The molecular formula is C28H38N2O3. The summed E-state index contributed by atoms with van der Waals surface area (Å²) in [4.78, 5) is 17.5. The molecule has 1 aliphatic carbocycles. The van der Waals surface area contributed by atoms with E-state index in [1.165, 1.54) is 24.0 Å². The predicted molar refractivity (Wildman–Crippen MR) is 131 cm³/mol. The smallest absolute Gasteiger partial charge is 0.412 e. The third-order valence-corrected chi connectivity index (χ3v) is 6.78. The minimum atomic E-state index is -0.666. The van der Waals surface area contributed by atoms with Crippen LogP contribution in [0.4, 0.5) is 4.79 Å². The van der Waals surface area contributed by atoms with Gasteiger partial charge in [-0.2, -0.15) is 0 Å². The fourth-order valence-electron chi connectivity index (χ4n) is 4.92. The third-order valence-electron chi connectivity index (χ3n) is 6.78. The van der Waals surface area contributed by atoms with Crippen LogP contribution in [-0.2, 0) is 22.6 Å². The zero-order valence-corrected chi connectivity index (χ0v) is 20.5. The van der Waals surface area contributed by atoms with Crippen molar-refractivity contribution in [2.75, 3.05) is 13.2 Å². The van der Waals surface area contributed by atoms with Crippen molar-refractivity contribution in [1.82, 2.24) is 9.80 Å². The number of amides is 1. The van der Waals surface area contributed by atoms with Crippen LogP contribution in [0.5, 0.6) is 0 Å². The maximum atomic E-state index is 13.2. The van der Waals surface area contributed by atoms with Crippen LogP contribution in [0.25, 0.3) is 0 Å². The molecule has 0 bridgehead atoms. The van der Waals surface area contributed by atoms with Crippen molar-refractivity contribution in [2.45, 2.75) is 77.4 Å². The molecule has 5 heteroatoms. The van der Waals surface area contributed by atoms with Crippen LogP contribution in [-0.4, -0.2) is 46.4 Å². The zero-order valence-electron chi connectivity index (χ0n) is 20.5. The molecule has 2 aromatic rings. The van der Waals surface area contributed by atoms with Crippen molar-refractivity contribution in [1.29, 1.82) is 0 Å². The summed E-state index contributed by atoms with van der Waals surface area (Å²) in [5.74, 6) is 0.728. The Balaban J connectivity index is 1.51. The zero-order chi connectivity index (χ0) is 23.5. The largest absolute Gasteiger partial charge is 0.448 e. The molecule has 2 aliphatic rings. The quantitative estimate of drug-likeness (QED) is 0.481. The molecule has 1 saturated carbocycles. The van der Waals surface area contributed by atoms with Gasteiger partial charge in [0.05, 0.1) is 12.1 Å². The summed E-state index contributed by atoms with van der Waals surface area (Å²) in [5, 5.41) is 0. The van der Waals surface area contributed by atoms with Gasteiger partial charge in [0.15, 0.2) is 0 Å². The van der Waals surface area contributed by atoms with Gasteiger partial charge in [-0.1, -0.05) is 73.5 Å². The fourth-order valence-corrected chi connectivity index (χ4v) is 4.92. The van der Waals surface area contributed by atoms with Crippen LogP contribution in [0.1, 0.15) is 58.1 Å². The summed E-state index contributed by atoms with van der Waals surface area (Å²) >= 11 is 0. The molecule has 1 aliphatic heterocycles. The maximum Gasteiger partial charge on any atom is 0.412 e. The van der Waals surface area contributed by atoms with E-state index in [9.17, 15) is 4.79 Å². The Bertz CT molecular complexity index is 852. The van der Waals surface area contributed by atoms with Crippen molar-refractivity contribution in [2.24, 2.45) is 5.92 Å². The number of ether oxygens (including phenoxy) is 2. The molecule has 2 aromatic carbocycles. The summed E-state index contributed by atoms with van der Waals surface area (Å²) in [6, 6.07) is 21.3. The van der Waals surface area contributed by atoms with E-state index in [2.05, 4.69) is 65.6 Å². The molecule has 2 fully saturated rings. The number of benzene rings is 2. The number of rotatable bonds is 9. The summed E-state index contributed by atoms with van der Waals surface area (Å²) < 4.78 is 11.9. The van der Waals surface area contributed by atoms with E-state index in [1.54, 1.807) is 4.90 Å². The summed E-state index contributed by atoms with van der Waals surface area (Å²) in [5.41, 5.74) is 1.49. The second-order valence-corrected chi connectivity index (χ2v) is 10.7. The molecule has 0 aromatic heterocycles. The average Bonchev–Trinajstić information content (AvgIpc) is 3.57. The molecule has 0 spiro atoms. The van der Waals surface area contributed by atoms with Gasteiger partial charge >= 0.3 is 6.09 Å². The molecule has 5 nitrogen and oxygen atoms in total. The van der Waals surface area contributed by atoms with Crippen molar-refractivity contribution in [3.8, 4) is 0 Å². The Hall–Kier alpha value is -2.37. The van der Waals surface area contributed by atoms with Crippen LogP contribution in [0, 0.1) is 5.92 Å². The van der Waals surface area contributed by atoms with E-state index in [1.807, 2.05) is 27.7 Å². The first kappa shape index (κ1) is 23.8. The van der Waals surface area contributed by atoms with E-state index in [0.717, 1.165) is 25.4 Å². The fraction of sp³-hybridized carbons (Fsp3) is 0.536. The first-order valence-corrected chi connectivity index (χ1v) is 12.2. The van der Waals surface area contributed by atoms with Gasteiger partial charge in [0.25, 0.3) is 0 Å². The lowest BCUT2D eigenvalue weighted by Crippen LogP contribution is -2.53. The van der Waals surface area contributed by atoms with E-state index in [-0.39, 0.29) is 17.7 Å². The Morgan fingerprint density at radius 3 is 2.00 bits per heavy atom. The van der Waals surface area contributed by atoms with E-state index < -0.39 is 5.72 Å². The van der Waals surface area contributed by atoms with E-state index in [4.69, 9.17) is 9.47 Å². The Morgan fingerprint density at radius 1 is 1.00 bits per heavy atom. The summed E-state index contributed by atoms with van der Waals surface area (Å²) in [7, 11) is 0. The maximum absolute atomic E-state index is 13.2. The molecule has 33 heavy (non-hydrogen) atoms. The van der Waals surface area contributed by atoms with Gasteiger partial charge in [0.2, 0.25) is 0 Å². The second kappa shape index (κ2) is 9.86. The highest BCUT2D eigenvalue weighted by molar-refractivity contribution is 5.70. The highest BCUT2D eigenvalue weighted by Crippen LogP contribution is 2.37. The number of hydrogen-bond donors (Lipinski definition) is 0. The Morgan fingerprint density at radius 2 is 1.55 bits per heavy atom. The second-order valence-electron chi connectivity index (χ2n) is 10.7. The van der Waals surface area contributed by atoms with Gasteiger partial charge in [0.1, 0.15) is 12.3 Å². The molecule has 1 atom stereocenters. The van der Waals surface area contributed by atoms with Crippen molar-refractivity contribution < 1.29 is 14.3 Å². The van der Waals surface area contributed by atoms with Crippen LogP contribution in [0.3, 0.4) is 0 Å². The predicted octanol–water partition coefficient (Wildman–Crippen LogP) is 5.84. The highest BCUT2D eigenvalue weighted by atomic mass is 16.6. The van der Waals surface area contributed by atoms with E-state index in [0.29, 0.717) is 13.2 Å². The van der Waals surface area contributed by atoms with Crippen LogP contribution in [0.2, 0.25) is 0 Å². The molecule has 1 heterocycles. The number of hydrogen-bond acceptors (Lipinski definition) is 4. The van der Waals surface area contributed by atoms with E-state index >= 15 is 0 Å². The average molecular weight is 451 g/mol. The molecule has 1 saturated heterocycles. The molecular weight excluding hydrogens is 412 g/mol. The van der Waals surface area contributed by atoms with Crippen molar-refractivity contribution in [3.05, 3.63) is 71.8 Å². The first-order chi connectivity index (χ1) is 15.7. The number of nitrogens with zero attached hydrogens (tertiary/aromatic N) is 2. The van der Waals surface area contributed by atoms with Gasteiger partial charge < -0.3 is 9.47 Å².